The van der Waals surface area contributed by atoms with Crippen molar-refractivity contribution in [3.05, 3.63) is 12.5 Å². The molecule has 0 saturated carbocycles. The molecule has 0 aromatic carbocycles. The van der Waals surface area contributed by atoms with Crippen molar-refractivity contribution in [3.63, 3.8) is 0 Å². The zero-order valence-electron chi connectivity index (χ0n) is 6.33. The Kier molecular flexibility index (Phi) is 2.74. The van der Waals surface area contributed by atoms with Crippen LogP contribution < -0.4 is 11.0 Å². The molecule has 0 aliphatic carbocycles. The third kappa shape index (κ3) is 2.46. The summed E-state index contributed by atoms with van der Waals surface area (Å²) in [6, 6.07) is 0. The van der Waals surface area contributed by atoms with Crippen molar-refractivity contribution in [2.24, 2.45) is 0 Å². The quantitative estimate of drug-likeness (QED) is 0.607. The van der Waals surface area contributed by atoms with Crippen LogP contribution in [0.4, 0.5) is 0 Å². The van der Waals surface area contributed by atoms with Crippen LogP contribution >= 0.6 is 0 Å². The average Bonchev–Trinajstić information content (AvgIpc) is 2.40. The Morgan fingerprint density at radius 1 is 1.82 bits per heavy atom. The molecule has 1 aliphatic rings. The van der Waals surface area contributed by atoms with E-state index in [9.17, 15) is 4.79 Å². The van der Waals surface area contributed by atoms with Crippen molar-refractivity contribution < 1.29 is 9.63 Å². The molecule has 0 saturated heterocycles. The Labute approximate surface area is 64.9 Å². The van der Waals surface area contributed by atoms with Gasteiger partial charge in [-0.3, -0.25) is 10.2 Å². The van der Waals surface area contributed by atoms with E-state index < -0.39 is 0 Å². The van der Waals surface area contributed by atoms with Gasteiger partial charge in [0.15, 0.2) is 0 Å². The van der Waals surface area contributed by atoms with Crippen molar-refractivity contribution in [1.29, 1.82) is 0 Å². The van der Waals surface area contributed by atoms with Gasteiger partial charge in [-0.2, -0.15) is 5.12 Å². The lowest BCUT2D eigenvalue weighted by molar-refractivity contribution is -0.128. The topological polar surface area (TPSA) is 53.6 Å². The van der Waals surface area contributed by atoms with Gasteiger partial charge in [-0.15, -0.1) is 0 Å². The van der Waals surface area contributed by atoms with Crippen molar-refractivity contribution in [2.45, 2.75) is 19.8 Å². The van der Waals surface area contributed by atoms with E-state index in [1.54, 1.807) is 6.20 Å². The Balaban J connectivity index is 2.19. The van der Waals surface area contributed by atoms with Crippen LogP contribution in [0, 0.1) is 0 Å². The molecule has 5 heteroatoms. The van der Waals surface area contributed by atoms with Crippen molar-refractivity contribution in [2.75, 3.05) is 0 Å². The molecular weight excluding hydrogens is 146 g/mol. The molecule has 0 radical (unpaired) electrons. The van der Waals surface area contributed by atoms with Gasteiger partial charge in [-0.05, 0) is 12.0 Å². The molecule has 0 bridgehead atoms. The summed E-state index contributed by atoms with van der Waals surface area (Å²) >= 11 is 0. The highest BCUT2D eigenvalue weighted by Crippen LogP contribution is 1.91. The Hall–Kier alpha value is -1.23. The number of nitrogens with zero attached hydrogens (tertiary/aromatic N) is 1. The van der Waals surface area contributed by atoms with E-state index in [1.807, 2.05) is 6.92 Å². The van der Waals surface area contributed by atoms with E-state index in [2.05, 4.69) is 15.9 Å². The lowest BCUT2D eigenvalue weighted by Gasteiger charge is -2.13. The number of hydrazine groups is 2. The van der Waals surface area contributed by atoms with E-state index in [0.717, 1.165) is 6.42 Å². The van der Waals surface area contributed by atoms with Crippen molar-refractivity contribution in [1.82, 2.24) is 16.1 Å². The summed E-state index contributed by atoms with van der Waals surface area (Å²) in [5.41, 5.74) is 4.99. The zero-order valence-corrected chi connectivity index (χ0v) is 6.33. The standard InChI is InChI=1S/C6H11N3O2/c1-2-3-6(10)7-9-4-5-11-8-9/h4-5,8H,2-3H2,1H3,(H,7,10). The summed E-state index contributed by atoms with van der Waals surface area (Å²) in [6.45, 7) is 1.95. The van der Waals surface area contributed by atoms with Gasteiger partial charge >= 0.3 is 0 Å². The molecule has 2 N–H and O–H groups in total. The van der Waals surface area contributed by atoms with Gasteiger partial charge in [0.2, 0.25) is 5.91 Å². The second-order valence-electron chi connectivity index (χ2n) is 2.15. The number of amides is 1. The van der Waals surface area contributed by atoms with Gasteiger partial charge in [0.25, 0.3) is 0 Å². The molecule has 1 heterocycles. The minimum Gasteiger partial charge on any atom is -0.394 e. The summed E-state index contributed by atoms with van der Waals surface area (Å²) in [4.78, 5) is 15.5. The number of rotatable bonds is 3. The smallest absolute Gasteiger partial charge is 0.239 e. The monoisotopic (exact) mass is 157 g/mol. The maximum absolute atomic E-state index is 10.9. The van der Waals surface area contributed by atoms with Crippen LogP contribution in [-0.4, -0.2) is 11.0 Å². The zero-order chi connectivity index (χ0) is 8.10. The summed E-state index contributed by atoms with van der Waals surface area (Å²) in [5.74, 6) is -0.0323. The Morgan fingerprint density at radius 2 is 2.64 bits per heavy atom. The molecule has 0 unspecified atom stereocenters. The Morgan fingerprint density at radius 3 is 3.18 bits per heavy atom. The Bertz CT molecular complexity index is 169. The van der Waals surface area contributed by atoms with Gasteiger partial charge in [0.05, 0.1) is 6.20 Å². The molecule has 11 heavy (non-hydrogen) atoms. The van der Waals surface area contributed by atoms with Gasteiger partial charge < -0.3 is 4.84 Å². The maximum Gasteiger partial charge on any atom is 0.239 e. The van der Waals surface area contributed by atoms with Crippen LogP contribution in [0.2, 0.25) is 0 Å². The normalized spacial score (nSPS) is 14.8. The second kappa shape index (κ2) is 3.82. The van der Waals surface area contributed by atoms with E-state index in [4.69, 9.17) is 0 Å². The van der Waals surface area contributed by atoms with Crippen LogP contribution in [0.5, 0.6) is 0 Å². The van der Waals surface area contributed by atoms with Crippen LogP contribution in [0.3, 0.4) is 0 Å². The van der Waals surface area contributed by atoms with Crippen LogP contribution in [0.25, 0.3) is 0 Å². The molecule has 1 amide bonds. The first-order valence-electron chi connectivity index (χ1n) is 3.49. The predicted molar refractivity (Wildman–Crippen MR) is 38.3 cm³/mol. The molecule has 62 valence electrons. The number of carbonyl (C=O) groups is 1. The SMILES string of the molecule is CCCC(=O)NN1C=CON1. The molecular formula is C6H11N3O2. The van der Waals surface area contributed by atoms with Crippen LogP contribution in [0.1, 0.15) is 19.8 Å². The second-order valence-corrected chi connectivity index (χ2v) is 2.15. The summed E-state index contributed by atoms with van der Waals surface area (Å²) < 4.78 is 0. The predicted octanol–water partition coefficient (Wildman–Crippen LogP) is 0.0407. The lowest BCUT2D eigenvalue weighted by atomic mass is 10.3. The highest BCUT2D eigenvalue weighted by atomic mass is 16.7. The van der Waals surface area contributed by atoms with Crippen LogP contribution in [-0.2, 0) is 9.63 Å². The van der Waals surface area contributed by atoms with E-state index in [0.29, 0.717) is 6.42 Å². The van der Waals surface area contributed by atoms with Gasteiger partial charge in [0, 0.05) is 6.42 Å². The summed E-state index contributed by atoms with van der Waals surface area (Å²) in [7, 11) is 0. The molecule has 0 aromatic rings. The molecule has 1 rings (SSSR count). The van der Waals surface area contributed by atoms with Crippen molar-refractivity contribution in [3.8, 4) is 0 Å². The molecule has 0 atom stereocenters. The fourth-order valence-corrected chi connectivity index (χ4v) is 0.686. The average molecular weight is 157 g/mol. The van der Waals surface area contributed by atoms with Gasteiger partial charge in [-0.1, -0.05) is 6.92 Å². The highest BCUT2D eigenvalue weighted by molar-refractivity contribution is 5.75. The van der Waals surface area contributed by atoms with Gasteiger partial charge in [-0.25, -0.2) is 0 Å². The molecule has 1 aliphatic heterocycles. The molecule has 0 aromatic heterocycles. The van der Waals surface area contributed by atoms with E-state index in [-0.39, 0.29) is 5.91 Å². The number of hydrogen-bond donors (Lipinski definition) is 2. The third-order valence-electron chi connectivity index (χ3n) is 1.15. The summed E-state index contributed by atoms with van der Waals surface area (Å²) in [6.07, 6.45) is 4.37. The largest absolute Gasteiger partial charge is 0.394 e. The van der Waals surface area contributed by atoms with Crippen molar-refractivity contribution >= 4 is 5.91 Å². The minimum atomic E-state index is -0.0323. The number of carbonyl (C=O) groups excluding carboxylic acids is 1. The lowest BCUT2D eigenvalue weighted by Crippen LogP contribution is -2.43. The maximum atomic E-state index is 10.9. The first-order valence-corrected chi connectivity index (χ1v) is 3.49. The number of nitrogens with one attached hydrogen (secondary N) is 2. The summed E-state index contributed by atoms with van der Waals surface area (Å²) in [5, 5.41) is 1.36. The first-order chi connectivity index (χ1) is 5.33. The third-order valence-corrected chi connectivity index (χ3v) is 1.15. The molecule has 5 nitrogen and oxygen atoms in total. The van der Waals surface area contributed by atoms with Gasteiger partial charge in [0.1, 0.15) is 6.26 Å². The fraction of sp³-hybridized carbons (Fsp3) is 0.500. The number of hydrogen-bond acceptors (Lipinski definition) is 4. The first kappa shape index (κ1) is 7.87. The molecule has 0 fully saturated rings. The van der Waals surface area contributed by atoms with E-state index in [1.165, 1.54) is 11.4 Å². The molecule has 0 spiro atoms. The highest BCUT2D eigenvalue weighted by Gasteiger charge is 2.06. The van der Waals surface area contributed by atoms with Crippen LogP contribution in [0.15, 0.2) is 12.5 Å². The van der Waals surface area contributed by atoms with E-state index >= 15 is 0 Å². The fourth-order valence-electron chi connectivity index (χ4n) is 0.686. The minimum absolute atomic E-state index is 0.0323.